The number of alkyl halides is 3. The lowest BCUT2D eigenvalue weighted by Gasteiger charge is -2.27. The van der Waals surface area contributed by atoms with E-state index < -0.39 is 9.96 Å². The van der Waals surface area contributed by atoms with Gasteiger partial charge in [0.2, 0.25) is 9.70 Å². The van der Waals surface area contributed by atoms with Crippen molar-refractivity contribution in [1.29, 1.82) is 0 Å². The Morgan fingerprint density at radius 1 is 0.882 bits per heavy atom. The first kappa shape index (κ1) is 31.3. The monoisotopic (exact) mass is 549 g/mol. The Morgan fingerprint density at radius 3 is 1.91 bits per heavy atom. The maximum absolute atomic E-state index is 12.4. The van der Waals surface area contributed by atoms with Crippen molar-refractivity contribution < 1.29 is 4.79 Å². The van der Waals surface area contributed by atoms with Crippen LogP contribution in [0.4, 0.5) is 5.69 Å². The number of carbonyl (C=O) groups excluding carboxylic acids is 1. The minimum Gasteiger partial charge on any atom is -0.339 e. The fraction of sp³-hybridized carbons (Fsp3) is 0.692. The van der Waals surface area contributed by atoms with Crippen LogP contribution in [0.5, 0.6) is 0 Å². The summed E-state index contributed by atoms with van der Waals surface area (Å²) in [4.78, 5) is 12.4. The second-order valence-electron chi connectivity index (χ2n) is 9.00. The van der Waals surface area contributed by atoms with Crippen LogP contribution in [0.2, 0.25) is 0 Å². The molecule has 1 rings (SSSR count). The SMILES string of the molecule is CCCCCCCCCCCCCCCC(=O)NC(NC(=S)Nc1cccc(C)c1)C(Cl)(Cl)Cl. The van der Waals surface area contributed by atoms with E-state index in [4.69, 9.17) is 47.0 Å². The van der Waals surface area contributed by atoms with E-state index in [9.17, 15) is 4.79 Å². The second kappa shape index (κ2) is 18.5. The van der Waals surface area contributed by atoms with Crippen LogP contribution in [0.25, 0.3) is 0 Å². The highest BCUT2D eigenvalue weighted by Gasteiger charge is 2.34. The number of unbranched alkanes of at least 4 members (excludes halogenated alkanes) is 12. The zero-order chi connectivity index (χ0) is 25.2. The molecule has 0 aliphatic heterocycles. The van der Waals surface area contributed by atoms with E-state index in [1.807, 2.05) is 31.2 Å². The number of halogens is 3. The molecule has 0 aliphatic carbocycles. The molecule has 3 N–H and O–H groups in total. The first-order valence-electron chi connectivity index (χ1n) is 12.7. The molecule has 0 aliphatic rings. The smallest absolute Gasteiger partial charge is 0.228 e. The van der Waals surface area contributed by atoms with Crippen molar-refractivity contribution in [3.8, 4) is 0 Å². The molecule has 4 nitrogen and oxygen atoms in total. The van der Waals surface area contributed by atoms with Crippen LogP contribution >= 0.6 is 47.0 Å². The number of benzene rings is 1. The molecule has 0 saturated carbocycles. The predicted molar refractivity (Wildman–Crippen MR) is 153 cm³/mol. The van der Waals surface area contributed by atoms with Crippen molar-refractivity contribution >= 4 is 63.7 Å². The van der Waals surface area contributed by atoms with E-state index in [1.165, 1.54) is 64.2 Å². The summed E-state index contributed by atoms with van der Waals surface area (Å²) >= 11 is 23.5. The summed E-state index contributed by atoms with van der Waals surface area (Å²) in [7, 11) is 0. The van der Waals surface area contributed by atoms with E-state index in [0.717, 1.165) is 30.5 Å². The molecule has 1 unspecified atom stereocenters. The lowest BCUT2D eigenvalue weighted by Crippen LogP contribution is -2.56. The number of carbonyl (C=O) groups is 1. The van der Waals surface area contributed by atoms with E-state index >= 15 is 0 Å². The minimum absolute atomic E-state index is 0.162. The zero-order valence-electron chi connectivity index (χ0n) is 20.7. The van der Waals surface area contributed by atoms with Crippen molar-refractivity contribution in [1.82, 2.24) is 10.6 Å². The average molecular weight is 551 g/mol. The van der Waals surface area contributed by atoms with Crippen LogP contribution in [-0.2, 0) is 4.79 Å². The van der Waals surface area contributed by atoms with Gasteiger partial charge in [0, 0.05) is 12.1 Å². The third-order valence-corrected chi connectivity index (χ3v) is 6.57. The van der Waals surface area contributed by atoms with Crippen molar-refractivity contribution in [3.63, 3.8) is 0 Å². The highest BCUT2D eigenvalue weighted by atomic mass is 35.6. The Hall–Kier alpha value is -0.750. The summed E-state index contributed by atoms with van der Waals surface area (Å²) < 4.78 is -1.75. The molecule has 0 fully saturated rings. The number of hydrogen-bond acceptors (Lipinski definition) is 2. The Morgan fingerprint density at radius 2 is 1.41 bits per heavy atom. The summed E-state index contributed by atoms with van der Waals surface area (Å²) in [6, 6.07) is 7.75. The fourth-order valence-electron chi connectivity index (χ4n) is 3.76. The van der Waals surface area contributed by atoms with Gasteiger partial charge < -0.3 is 16.0 Å². The van der Waals surface area contributed by atoms with Crippen LogP contribution in [0.15, 0.2) is 24.3 Å². The van der Waals surface area contributed by atoms with Crippen molar-refractivity contribution in [2.45, 2.75) is 114 Å². The predicted octanol–water partition coefficient (Wildman–Crippen LogP) is 8.58. The topological polar surface area (TPSA) is 53.2 Å². The standard InChI is InChI=1S/C26H42Cl3N3OS/c1-3-4-5-6-7-8-9-10-11-12-13-14-15-19-23(33)31-24(26(27,28)29)32-25(34)30-22-18-16-17-21(2)20-22/h16-18,20,24H,3-15,19H2,1-2H3,(H,31,33)(H2,30,32,34). The number of aryl methyl sites for hydroxylation is 1. The number of amides is 1. The largest absolute Gasteiger partial charge is 0.339 e. The summed E-state index contributed by atoms with van der Waals surface area (Å²) in [5.41, 5.74) is 1.91. The quantitative estimate of drug-likeness (QED) is 0.0787. The molecule has 1 atom stereocenters. The molecule has 1 aromatic carbocycles. The Bertz CT molecular complexity index is 713. The summed E-state index contributed by atoms with van der Waals surface area (Å²) in [5.74, 6) is -0.162. The highest BCUT2D eigenvalue weighted by molar-refractivity contribution is 7.80. The average Bonchev–Trinajstić information content (AvgIpc) is 2.76. The van der Waals surface area contributed by atoms with Gasteiger partial charge in [0.1, 0.15) is 6.17 Å². The molecule has 194 valence electrons. The summed E-state index contributed by atoms with van der Waals surface area (Å²) in [6.45, 7) is 4.25. The van der Waals surface area contributed by atoms with Crippen molar-refractivity contribution in [3.05, 3.63) is 29.8 Å². The third-order valence-electron chi connectivity index (χ3n) is 5.69. The maximum atomic E-state index is 12.4. The summed E-state index contributed by atoms with van der Waals surface area (Å²) in [5, 5.41) is 8.97. The maximum Gasteiger partial charge on any atom is 0.228 e. The molecule has 0 saturated heterocycles. The van der Waals surface area contributed by atoms with Gasteiger partial charge in [-0.05, 0) is 43.3 Å². The van der Waals surface area contributed by atoms with E-state index in [1.54, 1.807) is 0 Å². The van der Waals surface area contributed by atoms with Gasteiger partial charge in [-0.15, -0.1) is 0 Å². The molecule has 0 bridgehead atoms. The normalized spacial score (nSPS) is 12.3. The van der Waals surface area contributed by atoms with Crippen LogP contribution < -0.4 is 16.0 Å². The first-order valence-corrected chi connectivity index (χ1v) is 14.3. The van der Waals surface area contributed by atoms with Crippen LogP contribution in [0.3, 0.4) is 0 Å². The first-order chi connectivity index (χ1) is 16.2. The molecule has 0 spiro atoms. The van der Waals surface area contributed by atoms with E-state index in [2.05, 4.69) is 22.9 Å². The number of anilines is 1. The molecular weight excluding hydrogens is 509 g/mol. The third kappa shape index (κ3) is 16.0. The Kier molecular flexibility index (Phi) is 17.0. The molecule has 1 aromatic rings. The van der Waals surface area contributed by atoms with Gasteiger partial charge in [-0.2, -0.15) is 0 Å². The van der Waals surface area contributed by atoms with Gasteiger partial charge in [0.25, 0.3) is 0 Å². The van der Waals surface area contributed by atoms with Crippen LogP contribution in [0, 0.1) is 6.92 Å². The van der Waals surface area contributed by atoms with Gasteiger partial charge in [-0.1, -0.05) is 131 Å². The van der Waals surface area contributed by atoms with Gasteiger partial charge in [0.05, 0.1) is 0 Å². The van der Waals surface area contributed by atoms with Gasteiger partial charge in [-0.3, -0.25) is 4.79 Å². The van der Waals surface area contributed by atoms with Gasteiger partial charge >= 0.3 is 0 Å². The number of hydrogen-bond donors (Lipinski definition) is 3. The lowest BCUT2D eigenvalue weighted by molar-refractivity contribution is -0.122. The van der Waals surface area contributed by atoms with Crippen LogP contribution in [-0.4, -0.2) is 21.0 Å². The Labute approximate surface area is 227 Å². The lowest BCUT2D eigenvalue weighted by atomic mass is 10.0. The molecule has 0 radical (unpaired) electrons. The van der Waals surface area contributed by atoms with Gasteiger partial charge in [-0.25, -0.2) is 0 Å². The van der Waals surface area contributed by atoms with E-state index in [0.29, 0.717) is 6.42 Å². The zero-order valence-corrected chi connectivity index (χ0v) is 23.8. The van der Waals surface area contributed by atoms with Crippen molar-refractivity contribution in [2.24, 2.45) is 0 Å². The van der Waals surface area contributed by atoms with Crippen molar-refractivity contribution in [2.75, 3.05) is 5.32 Å². The summed E-state index contributed by atoms with van der Waals surface area (Å²) in [6.07, 6.45) is 15.9. The Balaban J connectivity index is 2.18. The minimum atomic E-state index is -1.75. The van der Waals surface area contributed by atoms with Gasteiger partial charge in [0.15, 0.2) is 5.11 Å². The fourth-order valence-corrected chi connectivity index (χ4v) is 4.32. The number of rotatable bonds is 17. The second-order valence-corrected chi connectivity index (χ2v) is 11.8. The number of nitrogens with one attached hydrogen (secondary N) is 3. The number of thiocarbonyl (C=S) groups is 1. The van der Waals surface area contributed by atoms with Crippen LogP contribution in [0.1, 0.15) is 102 Å². The highest BCUT2D eigenvalue weighted by Crippen LogP contribution is 2.29. The molecule has 34 heavy (non-hydrogen) atoms. The van der Waals surface area contributed by atoms with E-state index in [-0.39, 0.29) is 11.0 Å². The molecule has 0 aromatic heterocycles. The molecule has 0 heterocycles. The molecule has 8 heteroatoms. The molecule has 1 amide bonds. The molecular formula is C26H42Cl3N3OS.